The largest absolute Gasteiger partial charge is 0.453 e. The highest BCUT2D eigenvalue weighted by atomic mass is 35.5. The monoisotopic (exact) mass is 462 g/mol. The summed E-state index contributed by atoms with van der Waals surface area (Å²) in [7, 11) is 0. The van der Waals surface area contributed by atoms with E-state index < -0.39 is 23.8 Å². The minimum Gasteiger partial charge on any atom is -0.453 e. The van der Waals surface area contributed by atoms with Gasteiger partial charge in [-0.05, 0) is 24.1 Å². The fourth-order valence-corrected chi connectivity index (χ4v) is 5.80. The van der Waals surface area contributed by atoms with Crippen LogP contribution in [0.1, 0.15) is 24.3 Å². The van der Waals surface area contributed by atoms with Crippen molar-refractivity contribution < 1.29 is 23.9 Å². The van der Waals surface area contributed by atoms with E-state index in [1.54, 1.807) is 18.2 Å². The van der Waals surface area contributed by atoms with Crippen LogP contribution >= 0.6 is 23.2 Å². The average Bonchev–Trinajstić information content (AvgIpc) is 3.19. The molecule has 0 N–H and O–H groups in total. The molecule has 1 aromatic carbocycles. The third kappa shape index (κ3) is 3.18. The number of halogens is 2. The molecular weight excluding hydrogens is 443 g/mol. The molecule has 9 heteroatoms. The average molecular weight is 463 g/mol. The van der Waals surface area contributed by atoms with Crippen LogP contribution < -0.4 is 0 Å². The number of nitrogens with zero attached hydrogens (tertiary/aromatic N) is 2. The van der Waals surface area contributed by atoms with Crippen LogP contribution in [0.4, 0.5) is 0 Å². The summed E-state index contributed by atoms with van der Waals surface area (Å²) in [5, 5.41) is 5.21. The van der Waals surface area contributed by atoms with Gasteiger partial charge in [0.2, 0.25) is 5.72 Å². The highest BCUT2D eigenvalue weighted by molar-refractivity contribution is 6.42. The molecule has 3 saturated heterocycles. The minimum absolute atomic E-state index is 0.0664. The van der Waals surface area contributed by atoms with E-state index >= 15 is 0 Å². The molecule has 4 aliphatic rings. The molecule has 162 valence electrons. The lowest BCUT2D eigenvalue weighted by molar-refractivity contribution is -0.227. The summed E-state index contributed by atoms with van der Waals surface area (Å²) >= 11 is 12.5. The standard InChI is InChI=1S/C22H20Cl2N2O5/c1-2-9-29-25-15-11-26-16-7-8-22(26)21(30-17(27)5-6-18(28)31-22)19(20(15)16)12-3-4-13(23)14(24)10-12/h2-6,10,16,19-21H,1,7-9,11H2/b6-5+,25-15-/t16-,19-,20-,21?,22+/m1/s1. The summed E-state index contributed by atoms with van der Waals surface area (Å²) in [5.74, 6) is -1.59. The van der Waals surface area contributed by atoms with Crippen LogP contribution in [0.25, 0.3) is 0 Å². The molecule has 7 nitrogen and oxygen atoms in total. The predicted molar refractivity (Wildman–Crippen MR) is 114 cm³/mol. The van der Waals surface area contributed by atoms with Crippen LogP contribution in [-0.2, 0) is 23.9 Å². The number of esters is 2. The van der Waals surface area contributed by atoms with Gasteiger partial charge in [0, 0.05) is 43.0 Å². The Morgan fingerprint density at radius 1 is 1.23 bits per heavy atom. The van der Waals surface area contributed by atoms with E-state index in [1.165, 1.54) is 0 Å². The van der Waals surface area contributed by atoms with E-state index in [4.69, 9.17) is 37.5 Å². The fraction of sp³-hybridized carbons (Fsp3) is 0.409. The Labute approximate surface area is 189 Å². The summed E-state index contributed by atoms with van der Waals surface area (Å²) in [6.07, 6.45) is 4.43. The number of hydrogen-bond acceptors (Lipinski definition) is 7. The second-order valence-corrected chi connectivity index (χ2v) is 8.90. The van der Waals surface area contributed by atoms with E-state index in [1.807, 2.05) is 6.07 Å². The van der Waals surface area contributed by atoms with Crippen molar-refractivity contribution in [3.63, 3.8) is 0 Å². The first kappa shape index (κ1) is 20.5. The summed E-state index contributed by atoms with van der Waals surface area (Å²) in [6, 6.07) is 5.43. The molecule has 31 heavy (non-hydrogen) atoms. The lowest BCUT2D eigenvalue weighted by Gasteiger charge is -2.49. The topological polar surface area (TPSA) is 77.4 Å². The first-order valence-corrected chi connectivity index (χ1v) is 10.8. The van der Waals surface area contributed by atoms with E-state index in [2.05, 4.69) is 16.6 Å². The number of piperidine rings is 1. The second kappa shape index (κ2) is 7.65. The molecule has 3 fully saturated rings. The van der Waals surface area contributed by atoms with Gasteiger partial charge in [-0.1, -0.05) is 47.1 Å². The number of carbonyl (C=O) groups excluding carboxylic acids is 2. The molecule has 4 heterocycles. The van der Waals surface area contributed by atoms with Crippen molar-refractivity contribution in [2.45, 2.75) is 36.6 Å². The van der Waals surface area contributed by atoms with E-state index in [0.717, 1.165) is 29.8 Å². The van der Waals surface area contributed by atoms with Gasteiger partial charge in [-0.25, -0.2) is 9.59 Å². The summed E-state index contributed by atoms with van der Waals surface area (Å²) in [4.78, 5) is 32.5. The normalized spacial score (nSPS) is 38.0. The maximum atomic E-state index is 12.5. The van der Waals surface area contributed by atoms with Crippen molar-refractivity contribution in [2.24, 2.45) is 11.1 Å². The molecule has 5 rings (SSSR count). The Morgan fingerprint density at radius 3 is 2.81 bits per heavy atom. The Hall–Kier alpha value is -2.35. The van der Waals surface area contributed by atoms with Gasteiger partial charge in [0.15, 0.2) is 6.10 Å². The lowest BCUT2D eigenvalue weighted by atomic mass is 9.74. The van der Waals surface area contributed by atoms with E-state index in [0.29, 0.717) is 23.0 Å². The molecule has 0 radical (unpaired) electrons. The van der Waals surface area contributed by atoms with Crippen molar-refractivity contribution in [1.82, 2.24) is 4.90 Å². The van der Waals surface area contributed by atoms with Crippen LogP contribution in [0, 0.1) is 5.92 Å². The zero-order chi connectivity index (χ0) is 21.8. The number of ether oxygens (including phenoxy) is 2. The van der Waals surface area contributed by atoms with Crippen LogP contribution in [0.3, 0.4) is 0 Å². The second-order valence-electron chi connectivity index (χ2n) is 8.08. The predicted octanol–water partition coefficient (Wildman–Crippen LogP) is 3.46. The SMILES string of the molecule is C=CCO/N=C1/CN2[C@@H]3CC[C@@]24OC(=O)/C=C/C(=O)OC4[C@H](c2ccc(Cl)c(Cl)c2)[C@H]13. The van der Waals surface area contributed by atoms with Crippen LogP contribution in [0.15, 0.2) is 48.2 Å². The van der Waals surface area contributed by atoms with Gasteiger partial charge in [0.1, 0.15) is 6.61 Å². The molecule has 4 aliphatic heterocycles. The number of rotatable bonds is 4. The zero-order valence-electron chi connectivity index (χ0n) is 16.5. The van der Waals surface area contributed by atoms with Crippen LogP contribution in [0.2, 0.25) is 10.0 Å². The zero-order valence-corrected chi connectivity index (χ0v) is 18.0. The Morgan fingerprint density at radius 2 is 2.03 bits per heavy atom. The van der Waals surface area contributed by atoms with Gasteiger partial charge in [0.25, 0.3) is 0 Å². The molecule has 0 saturated carbocycles. The van der Waals surface area contributed by atoms with E-state index in [-0.39, 0.29) is 24.5 Å². The van der Waals surface area contributed by atoms with Gasteiger partial charge >= 0.3 is 11.9 Å². The number of oxime groups is 1. The molecule has 1 spiro atoms. The first-order chi connectivity index (χ1) is 14.9. The third-order valence-corrected chi connectivity index (χ3v) is 7.29. The van der Waals surface area contributed by atoms with Crippen molar-refractivity contribution >= 4 is 40.9 Å². The molecule has 0 aliphatic carbocycles. The lowest BCUT2D eigenvalue weighted by Crippen LogP contribution is -2.63. The van der Waals surface area contributed by atoms with Gasteiger partial charge in [-0.3, -0.25) is 4.90 Å². The molecule has 4 bridgehead atoms. The maximum absolute atomic E-state index is 12.5. The summed E-state index contributed by atoms with van der Waals surface area (Å²) in [6.45, 7) is 4.38. The minimum atomic E-state index is -1.08. The van der Waals surface area contributed by atoms with Crippen molar-refractivity contribution in [2.75, 3.05) is 13.2 Å². The summed E-state index contributed by atoms with van der Waals surface area (Å²) in [5.41, 5.74) is 0.575. The van der Waals surface area contributed by atoms with Crippen molar-refractivity contribution in [1.29, 1.82) is 0 Å². The highest BCUT2D eigenvalue weighted by Gasteiger charge is 2.70. The van der Waals surface area contributed by atoms with Crippen molar-refractivity contribution in [3.05, 3.63) is 58.6 Å². The quantitative estimate of drug-likeness (QED) is 0.295. The Kier molecular flexibility index (Phi) is 5.07. The van der Waals surface area contributed by atoms with Crippen LogP contribution in [0.5, 0.6) is 0 Å². The molecule has 2 unspecified atom stereocenters. The van der Waals surface area contributed by atoms with Crippen LogP contribution in [-0.4, -0.2) is 53.6 Å². The molecule has 0 aromatic heterocycles. The van der Waals surface area contributed by atoms with Crippen molar-refractivity contribution in [3.8, 4) is 0 Å². The fourth-order valence-electron chi connectivity index (χ4n) is 5.49. The van der Waals surface area contributed by atoms with Gasteiger partial charge in [-0.15, -0.1) is 0 Å². The Balaban J connectivity index is 1.67. The number of hydrogen-bond donors (Lipinski definition) is 0. The third-order valence-electron chi connectivity index (χ3n) is 6.55. The Bertz CT molecular complexity index is 1030. The van der Waals surface area contributed by atoms with Gasteiger partial charge < -0.3 is 14.3 Å². The molecule has 1 aromatic rings. The summed E-state index contributed by atoms with van der Waals surface area (Å²) < 4.78 is 11.9. The van der Waals surface area contributed by atoms with Gasteiger partial charge in [0.05, 0.1) is 15.8 Å². The molecule has 0 amide bonds. The van der Waals surface area contributed by atoms with E-state index in [9.17, 15) is 9.59 Å². The van der Waals surface area contributed by atoms with Gasteiger partial charge in [-0.2, -0.15) is 0 Å². The number of benzene rings is 1. The smallest absolute Gasteiger partial charge is 0.332 e. The molecular formula is C22H20Cl2N2O5. The highest BCUT2D eigenvalue weighted by Crippen LogP contribution is 2.58. The number of carbonyl (C=O) groups is 2. The first-order valence-electron chi connectivity index (χ1n) is 10.1. The molecule has 6 atom stereocenters. The maximum Gasteiger partial charge on any atom is 0.332 e.